The maximum absolute atomic E-state index is 12.4. The van der Waals surface area contributed by atoms with Crippen molar-refractivity contribution < 1.29 is 27.8 Å². The second-order valence-electron chi connectivity index (χ2n) is 3.87. The number of pyridine rings is 1. The Morgan fingerprint density at radius 3 is 2.52 bits per heavy atom. The second-order valence-corrected chi connectivity index (χ2v) is 4.23. The average Bonchev–Trinajstić information content (AvgIpc) is 2.37. The van der Waals surface area contributed by atoms with Gasteiger partial charge in [-0.15, -0.1) is 13.2 Å². The molecular formula is C13H7ClF3NO3. The molecule has 0 aliphatic heterocycles. The zero-order valence-electron chi connectivity index (χ0n) is 10.2. The van der Waals surface area contributed by atoms with Crippen molar-refractivity contribution in [2.45, 2.75) is 6.36 Å². The molecule has 0 radical (unpaired) electrons. The van der Waals surface area contributed by atoms with Crippen LogP contribution in [0, 0.1) is 0 Å². The van der Waals surface area contributed by atoms with Crippen LogP contribution in [0.5, 0.6) is 5.75 Å². The van der Waals surface area contributed by atoms with E-state index in [-0.39, 0.29) is 21.8 Å². The minimum absolute atomic E-state index is 0.106. The summed E-state index contributed by atoms with van der Waals surface area (Å²) in [5.41, 5.74) is -0.509. The summed E-state index contributed by atoms with van der Waals surface area (Å²) in [6, 6.07) is 6.25. The van der Waals surface area contributed by atoms with Crippen LogP contribution in [0.2, 0.25) is 5.15 Å². The van der Waals surface area contributed by atoms with Crippen LogP contribution in [0.4, 0.5) is 13.2 Å². The lowest BCUT2D eigenvalue weighted by atomic mass is 10.0. The van der Waals surface area contributed by atoms with E-state index < -0.39 is 18.1 Å². The number of carboxylic acids is 1. The molecule has 8 heteroatoms. The number of aromatic carboxylic acids is 1. The third-order valence-electron chi connectivity index (χ3n) is 2.52. The highest BCUT2D eigenvalue weighted by molar-refractivity contribution is 6.33. The molecule has 1 aromatic heterocycles. The first-order chi connectivity index (χ1) is 9.79. The van der Waals surface area contributed by atoms with Crippen molar-refractivity contribution in [2.24, 2.45) is 0 Å². The van der Waals surface area contributed by atoms with E-state index in [0.717, 1.165) is 18.3 Å². The summed E-state index contributed by atoms with van der Waals surface area (Å²) in [6.07, 6.45) is -3.75. The number of benzene rings is 1. The van der Waals surface area contributed by atoms with Gasteiger partial charge in [0.2, 0.25) is 0 Å². The van der Waals surface area contributed by atoms with Gasteiger partial charge in [0.05, 0.1) is 5.56 Å². The van der Waals surface area contributed by atoms with E-state index >= 15 is 0 Å². The van der Waals surface area contributed by atoms with Crippen LogP contribution in [0.1, 0.15) is 10.4 Å². The number of halogens is 4. The van der Waals surface area contributed by atoms with Gasteiger partial charge in [0, 0.05) is 17.3 Å². The normalized spacial score (nSPS) is 11.2. The Kier molecular flexibility index (Phi) is 4.04. The van der Waals surface area contributed by atoms with E-state index in [1.165, 1.54) is 18.2 Å². The number of aromatic nitrogens is 1. The molecule has 0 amide bonds. The van der Waals surface area contributed by atoms with Gasteiger partial charge < -0.3 is 9.84 Å². The largest absolute Gasteiger partial charge is 0.573 e. The van der Waals surface area contributed by atoms with Crippen LogP contribution in [0.15, 0.2) is 36.5 Å². The second kappa shape index (κ2) is 5.61. The van der Waals surface area contributed by atoms with E-state index in [0.29, 0.717) is 0 Å². The molecule has 21 heavy (non-hydrogen) atoms. The number of alkyl halides is 3. The third-order valence-corrected chi connectivity index (χ3v) is 2.80. The lowest BCUT2D eigenvalue weighted by molar-refractivity contribution is -0.274. The molecule has 110 valence electrons. The van der Waals surface area contributed by atoms with Crippen molar-refractivity contribution in [1.29, 1.82) is 0 Å². The lowest BCUT2D eigenvalue weighted by Gasteiger charge is -2.15. The summed E-state index contributed by atoms with van der Waals surface area (Å²) in [5, 5.41) is 8.90. The fraction of sp³-hybridized carbons (Fsp3) is 0.0769. The van der Waals surface area contributed by atoms with Crippen LogP contribution in [-0.4, -0.2) is 22.4 Å². The maximum Gasteiger partial charge on any atom is 0.573 e. The molecule has 0 bridgehead atoms. The van der Waals surface area contributed by atoms with E-state index in [2.05, 4.69) is 9.72 Å². The fourth-order valence-corrected chi connectivity index (χ4v) is 2.02. The summed E-state index contributed by atoms with van der Waals surface area (Å²) >= 11 is 5.84. The topological polar surface area (TPSA) is 59.4 Å². The van der Waals surface area contributed by atoms with Crippen molar-refractivity contribution in [1.82, 2.24) is 4.98 Å². The van der Waals surface area contributed by atoms with Crippen LogP contribution < -0.4 is 4.74 Å². The highest BCUT2D eigenvalue weighted by Crippen LogP contribution is 2.38. The van der Waals surface area contributed by atoms with Gasteiger partial charge in [-0.1, -0.05) is 29.8 Å². The molecule has 0 saturated heterocycles. The third kappa shape index (κ3) is 3.43. The zero-order valence-corrected chi connectivity index (χ0v) is 10.9. The summed E-state index contributed by atoms with van der Waals surface area (Å²) in [6.45, 7) is 0. The average molecular weight is 318 g/mol. The number of hydrogen-bond acceptors (Lipinski definition) is 3. The molecular weight excluding hydrogens is 311 g/mol. The Hall–Kier alpha value is -2.28. The molecule has 0 unspecified atom stereocenters. The Balaban J connectivity index is 2.66. The predicted octanol–water partition coefficient (Wildman–Crippen LogP) is 4.00. The Morgan fingerprint density at radius 1 is 1.24 bits per heavy atom. The van der Waals surface area contributed by atoms with Crippen molar-refractivity contribution in [2.75, 3.05) is 0 Å². The number of para-hydroxylation sites is 1. The van der Waals surface area contributed by atoms with Gasteiger partial charge in [-0.05, 0) is 12.1 Å². The molecule has 4 nitrogen and oxygen atoms in total. The van der Waals surface area contributed by atoms with Crippen LogP contribution in [-0.2, 0) is 0 Å². The summed E-state index contributed by atoms with van der Waals surface area (Å²) in [4.78, 5) is 14.9. The standard InChI is InChI=1S/C13H7ClF3NO3/c14-11-10(8(12(19)20)5-6-18-11)7-3-1-2-4-9(7)21-13(15,16)17/h1-6H,(H,19,20). The summed E-state index contributed by atoms with van der Waals surface area (Å²) in [5.74, 6) is -1.89. The summed E-state index contributed by atoms with van der Waals surface area (Å²) in [7, 11) is 0. The van der Waals surface area contributed by atoms with Gasteiger partial charge in [-0.2, -0.15) is 0 Å². The smallest absolute Gasteiger partial charge is 0.478 e. The SMILES string of the molecule is O=C(O)c1ccnc(Cl)c1-c1ccccc1OC(F)(F)F. The van der Waals surface area contributed by atoms with Gasteiger partial charge in [-0.3, -0.25) is 0 Å². The van der Waals surface area contributed by atoms with E-state index in [4.69, 9.17) is 16.7 Å². The van der Waals surface area contributed by atoms with Gasteiger partial charge in [0.1, 0.15) is 10.9 Å². The molecule has 0 atom stereocenters. The molecule has 0 fully saturated rings. The van der Waals surface area contributed by atoms with Gasteiger partial charge in [-0.25, -0.2) is 9.78 Å². The molecule has 2 rings (SSSR count). The fourth-order valence-electron chi connectivity index (χ4n) is 1.76. The van der Waals surface area contributed by atoms with E-state index in [1.54, 1.807) is 0 Å². The minimum Gasteiger partial charge on any atom is -0.478 e. The highest BCUT2D eigenvalue weighted by atomic mass is 35.5. The van der Waals surface area contributed by atoms with E-state index in [9.17, 15) is 18.0 Å². The molecule has 0 spiro atoms. The van der Waals surface area contributed by atoms with Gasteiger partial charge in [0.25, 0.3) is 0 Å². The van der Waals surface area contributed by atoms with Gasteiger partial charge in [0.15, 0.2) is 0 Å². The van der Waals surface area contributed by atoms with E-state index in [1.807, 2.05) is 0 Å². The molecule has 1 N–H and O–H groups in total. The molecule has 1 heterocycles. The highest BCUT2D eigenvalue weighted by Gasteiger charge is 2.33. The first-order valence-electron chi connectivity index (χ1n) is 5.52. The predicted molar refractivity (Wildman–Crippen MR) is 68.3 cm³/mol. The molecule has 1 aromatic carbocycles. The molecule has 2 aromatic rings. The Labute approximate surface area is 121 Å². The van der Waals surface area contributed by atoms with Crippen LogP contribution in [0.3, 0.4) is 0 Å². The minimum atomic E-state index is -4.91. The van der Waals surface area contributed by atoms with Crippen molar-refractivity contribution in [3.63, 3.8) is 0 Å². The van der Waals surface area contributed by atoms with Crippen molar-refractivity contribution in [3.05, 3.63) is 47.2 Å². The molecule has 0 aliphatic carbocycles. The maximum atomic E-state index is 12.4. The first kappa shape index (κ1) is 15.1. The van der Waals surface area contributed by atoms with Crippen LogP contribution in [0.25, 0.3) is 11.1 Å². The van der Waals surface area contributed by atoms with Crippen LogP contribution >= 0.6 is 11.6 Å². The number of carbonyl (C=O) groups is 1. The number of carboxylic acid groups (broad SMARTS) is 1. The number of hydrogen-bond donors (Lipinski definition) is 1. The van der Waals surface area contributed by atoms with Crippen molar-refractivity contribution >= 4 is 17.6 Å². The molecule has 0 aliphatic rings. The monoisotopic (exact) mass is 317 g/mol. The number of rotatable bonds is 3. The first-order valence-corrected chi connectivity index (χ1v) is 5.90. The lowest BCUT2D eigenvalue weighted by Crippen LogP contribution is -2.17. The Morgan fingerprint density at radius 2 is 1.90 bits per heavy atom. The Bertz CT molecular complexity index is 689. The quantitative estimate of drug-likeness (QED) is 0.869. The van der Waals surface area contributed by atoms with Crippen molar-refractivity contribution in [3.8, 4) is 16.9 Å². The zero-order chi connectivity index (χ0) is 15.6. The number of ether oxygens (including phenoxy) is 1. The molecule has 0 saturated carbocycles. The van der Waals surface area contributed by atoms with Gasteiger partial charge >= 0.3 is 12.3 Å². The summed E-state index contributed by atoms with van der Waals surface area (Å²) < 4.78 is 41.1. The number of nitrogens with zero attached hydrogens (tertiary/aromatic N) is 1.